The van der Waals surface area contributed by atoms with Crippen LogP contribution in [0.1, 0.15) is 106 Å². The molecule has 0 aromatic rings. The molecule has 1 heteroatoms. The van der Waals surface area contributed by atoms with E-state index in [4.69, 9.17) is 0 Å². The van der Waals surface area contributed by atoms with Crippen molar-refractivity contribution in [3.8, 4) is 0 Å². The highest BCUT2D eigenvalue weighted by Gasteiger charge is 2.59. The fourth-order valence-electron chi connectivity index (χ4n) is 8.78. The van der Waals surface area contributed by atoms with Crippen LogP contribution in [0.4, 0.5) is 0 Å². The number of carbonyl (C=O) groups excluding carboxylic acids is 1. The molecule has 4 aliphatic carbocycles. The number of hydrogen-bond donors (Lipinski definition) is 0. The molecule has 4 rings (SSSR count). The monoisotopic (exact) mass is 398 g/mol. The molecule has 3 saturated carbocycles. The molecule has 0 N–H and O–H groups in total. The second-order valence-electron chi connectivity index (χ2n) is 12.4. The highest BCUT2D eigenvalue weighted by Crippen LogP contribution is 2.67. The Kier molecular flexibility index (Phi) is 5.84. The predicted molar refractivity (Wildman–Crippen MR) is 123 cm³/mol. The van der Waals surface area contributed by atoms with Gasteiger partial charge in [0.05, 0.1) is 0 Å². The molecule has 0 aliphatic heterocycles. The van der Waals surface area contributed by atoms with Crippen LogP contribution in [-0.4, -0.2) is 5.78 Å². The van der Waals surface area contributed by atoms with Gasteiger partial charge in [0.2, 0.25) is 0 Å². The standard InChI is InChI=1S/C28H46O/c1-18(2)8-7-9-19(3)22-12-13-24-21-10-11-23-20(4)26(29)15-17-28(23,6)25(21)14-16-27(22,24)5/h10,18-20,22-25H,7-9,11-17H2,1-6H3/t19-,20?,22-,23?,24+,25+,27-,28+/m1/s1. The molecule has 4 aliphatic rings. The zero-order chi connectivity index (χ0) is 21.0. The Labute approximate surface area is 180 Å². The summed E-state index contributed by atoms with van der Waals surface area (Å²) in [5.41, 5.74) is 2.74. The Hall–Kier alpha value is -0.590. The van der Waals surface area contributed by atoms with Gasteiger partial charge in [-0.3, -0.25) is 4.79 Å². The molecule has 29 heavy (non-hydrogen) atoms. The van der Waals surface area contributed by atoms with E-state index in [0.29, 0.717) is 22.5 Å². The molecular formula is C28H46O. The van der Waals surface area contributed by atoms with Crippen molar-refractivity contribution in [3.63, 3.8) is 0 Å². The van der Waals surface area contributed by atoms with E-state index in [0.717, 1.165) is 48.9 Å². The molecule has 0 spiro atoms. The van der Waals surface area contributed by atoms with Crippen LogP contribution in [0.3, 0.4) is 0 Å². The first-order valence-corrected chi connectivity index (χ1v) is 12.9. The van der Waals surface area contributed by atoms with Gasteiger partial charge in [0.1, 0.15) is 5.78 Å². The number of hydrogen-bond acceptors (Lipinski definition) is 1. The smallest absolute Gasteiger partial charge is 0.136 e. The first-order chi connectivity index (χ1) is 13.7. The minimum Gasteiger partial charge on any atom is -0.299 e. The Bertz CT molecular complexity index is 659. The van der Waals surface area contributed by atoms with Crippen molar-refractivity contribution in [1.82, 2.24) is 0 Å². The molecule has 8 atom stereocenters. The maximum absolute atomic E-state index is 12.4. The predicted octanol–water partition coefficient (Wildman–Crippen LogP) is 7.84. The van der Waals surface area contributed by atoms with Gasteiger partial charge in [-0.1, -0.05) is 72.5 Å². The van der Waals surface area contributed by atoms with Gasteiger partial charge in [-0.05, 0) is 84.9 Å². The third kappa shape index (κ3) is 3.47. The molecule has 0 amide bonds. The van der Waals surface area contributed by atoms with E-state index < -0.39 is 0 Å². The molecule has 2 unspecified atom stereocenters. The second-order valence-corrected chi connectivity index (χ2v) is 12.4. The Morgan fingerprint density at radius 3 is 2.45 bits per heavy atom. The van der Waals surface area contributed by atoms with Crippen LogP contribution in [0.15, 0.2) is 11.6 Å². The summed E-state index contributed by atoms with van der Waals surface area (Å²) in [6.45, 7) is 14.7. The van der Waals surface area contributed by atoms with Crippen molar-refractivity contribution in [3.05, 3.63) is 11.6 Å². The highest BCUT2D eigenvalue weighted by molar-refractivity contribution is 5.82. The lowest BCUT2D eigenvalue weighted by molar-refractivity contribution is -0.134. The van der Waals surface area contributed by atoms with Gasteiger partial charge >= 0.3 is 0 Å². The van der Waals surface area contributed by atoms with Gasteiger partial charge in [-0.15, -0.1) is 0 Å². The fourth-order valence-corrected chi connectivity index (χ4v) is 8.78. The van der Waals surface area contributed by atoms with Crippen LogP contribution in [-0.2, 0) is 4.79 Å². The average Bonchev–Trinajstić information content (AvgIpc) is 3.02. The number of fused-ring (bicyclic) bond motifs is 5. The molecule has 164 valence electrons. The number of rotatable bonds is 5. The average molecular weight is 399 g/mol. The van der Waals surface area contributed by atoms with Crippen molar-refractivity contribution in [2.24, 2.45) is 52.3 Å². The largest absolute Gasteiger partial charge is 0.299 e. The molecule has 1 nitrogen and oxygen atoms in total. The molecule has 0 radical (unpaired) electrons. The number of carbonyl (C=O) groups is 1. The highest BCUT2D eigenvalue weighted by atomic mass is 16.1. The first-order valence-electron chi connectivity index (χ1n) is 12.9. The van der Waals surface area contributed by atoms with Crippen molar-refractivity contribution >= 4 is 5.78 Å². The second kappa shape index (κ2) is 7.83. The molecule has 0 bridgehead atoms. The van der Waals surface area contributed by atoms with E-state index in [9.17, 15) is 4.79 Å². The lowest BCUT2D eigenvalue weighted by Crippen LogP contribution is -2.51. The maximum Gasteiger partial charge on any atom is 0.136 e. The van der Waals surface area contributed by atoms with E-state index in [-0.39, 0.29) is 5.92 Å². The normalized spacial score (nSPS) is 45.4. The van der Waals surface area contributed by atoms with Gasteiger partial charge in [-0.2, -0.15) is 0 Å². The lowest BCUT2D eigenvalue weighted by atomic mass is 9.46. The zero-order valence-corrected chi connectivity index (χ0v) is 20.1. The topological polar surface area (TPSA) is 17.1 Å². The third-order valence-corrected chi connectivity index (χ3v) is 10.6. The summed E-state index contributed by atoms with van der Waals surface area (Å²) < 4.78 is 0. The Balaban J connectivity index is 1.53. The van der Waals surface area contributed by atoms with Crippen molar-refractivity contribution in [2.45, 2.75) is 106 Å². The quantitative estimate of drug-likeness (QED) is 0.431. The fraction of sp³-hybridized carbons (Fsp3) is 0.893. The van der Waals surface area contributed by atoms with Crippen LogP contribution in [0.2, 0.25) is 0 Å². The van der Waals surface area contributed by atoms with Gasteiger partial charge < -0.3 is 0 Å². The van der Waals surface area contributed by atoms with E-state index in [2.05, 4.69) is 47.6 Å². The molecule has 0 aromatic heterocycles. The van der Waals surface area contributed by atoms with E-state index in [1.165, 1.54) is 44.9 Å². The Morgan fingerprint density at radius 1 is 1.00 bits per heavy atom. The van der Waals surface area contributed by atoms with Crippen LogP contribution in [0.5, 0.6) is 0 Å². The molecule has 0 saturated heterocycles. The van der Waals surface area contributed by atoms with Crippen LogP contribution in [0.25, 0.3) is 0 Å². The summed E-state index contributed by atoms with van der Waals surface area (Å²) >= 11 is 0. The van der Waals surface area contributed by atoms with E-state index in [1.54, 1.807) is 0 Å². The summed E-state index contributed by atoms with van der Waals surface area (Å²) in [4.78, 5) is 12.4. The number of Topliss-reactive ketones (excluding diaryl/α,β-unsaturated/α-hetero) is 1. The maximum atomic E-state index is 12.4. The molecule has 0 heterocycles. The minimum absolute atomic E-state index is 0.275. The molecular weight excluding hydrogens is 352 g/mol. The SMILES string of the molecule is CC(C)CCC[C@@H](C)[C@H]1CC[C@H]2C3=CCC4C(C)C(=O)CC[C@]4(C)[C@H]3CC[C@]12C. The minimum atomic E-state index is 0.275. The summed E-state index contributed by atoms with van der Waals surface area (Å²) in [6.07, 6.45) is 15.7. The van der Waals surface area contributed by atoms with Crippen LogP contribution >= 0.6 is 0 Å². The van der Waals surface area contributed by atoms with Crippen molar-refractivity contribution < 1.29 is 4.79 Å². The zero-order valence-electron chi connectivity index (χ0n) is 20.1. The lowest BCUT2D eigenvalue weighted by Gasteiger charge is -2.58. The number of allylic oxidation sites excluding steroid dienone is 2. The summed E-state index contributed by atoms with van der Waals surface area (Å²) in [5.74, 6) is 5.61. The summed E-state index contributed by atoms with van der Waals surface area (Å²) in [6, 6.07) is 0. The van der Waals surface area contributed by atoms with Gasteiger partial charge in [0.15, 0.2) is 0 Å². The summed E-state index contributed by atoms with van der Waals surface area (Å²) in [7, 11) is 0. The van der Waals surface area contributed by atoms with Crippen molar-refractivity contribution in [2.75, 3.05) is 0 Å². The van der Waals surface area contributed by atoms with Crippen molar-refractivity contribution in [1.29, 1.82) is 0 Å². The van der Waals surface area contributed by atoms with Gasteiger partial charge in [0, 0.05) is 12.3 Å². The van der Waals surface area contributed by atoms with E-state index in [1.807, 2.05) is 5.57 Å². The third-order valence-electron chi connectivity index (χ3n) is 10.6. The Morgan fingerprint density at radius 2 is 1.72 bits per heavy atom. The number of ketones is 1. The first kappa shape index (κ1) is 21.6. The van der Waals surface area contributed by atoms with E-state index >= 15 is 0 Å². The molecule has 3 fully saturated rings. The van der Waals surface area contributed by atoms with Crippen LogP contribution < -0.4 is 0 Å². The molecule has 0 aromatic carbocycles. The van der Waals surface area contributed by atoms with Gasteiger partial charge in [0.25, 0.3) is 0 Å². The summed E-state index contributed by atoms with van der Waals surface area (Å²) in [5, 5.41) is 0. The van der Waals surface area contributed by atoms with Crippen LogP contribution in [0, 0.1) is 52.3 Å². The van der Waals surface area contributed by atoms with Gasteiger partial charge in [-0.25, -0.2) is 0 Å².